The Balaban J connectivity index is 2.55. The summed E-state index contributed by atoms with van der Waals surface area (Å²) >= 11 is 2.07. The van der Waals surface area contributed by atoms with Crippen molar-refractivity contribution in [3.8, 4) is 0 Å². The van der Waals surface area contributed by atoms with Gasteiger partial charge in [0.05, 0.1) is 0 Å². The third kappa shape index (κ3) is 4.75. The van der Waals surface area contributed by atoms with Crippen molar-refractivity contribution in [3.63, 3.8) is 0 Å². The molecule has 0 bridgehead atoms. The number of rotatable bonds is 2. The van der Waals surface area contributed by atoms with Crippen LogP contribution in [0.1, 0.15) is 5.56 Å². The van der Waals surface area contributed by atoms with E-state index in [9.17, 15) is 13.2 Å². The standard InChI is InChI=1S/C8H6F3IS/c9-8(10,11)13-5-6-2-1-3-7(12)4-6/h1-4H,5H2. The van der Waals surface area contributed by atoms with Crippen molar-refractivity contribution >= 4 is 34.4 Å². The summed E-state index contributed by atoms with van der Waals surface area (Å²) in [5.41, 5.74) is -3.43. The highest BCUT2D eigenvalue weighted by Crippen LogP contribution is 2.32. The van der Waals surface area contributed by atoms with Crippen molar-refractivity contribution in [3.05, 3.63) is 33.4 Å². The lowest BCUT2D eigenvalue weighted by Crippen LogP contribution is -2.00. The highest BCUT2D eigenvalue weighted by molar-refractivity contribution is 14.1. The van der Waals surface area contributed by atoms with Gasteiger partial charge in [-0.3, -0.25) is 0 Å². The fraction of sp³-hybridized carbons (Fsp3) is 0.250. The van der Waals surface area contributed by atoms with Crippen LogP contribution in [-0.4, -0.2) is 5.51 Å². The molecule has 0 aliphatic rings. The first kappa shape index (κ1) is 11.2. The van der Waals surface area contributed by atoms with Crippen LogP contribution >= 0.6 is 34.4 Å². The van der Waals surface area contributed by atoms with Gasteiger partial charge in [-0.2, -0.15) is 13.2 Å². The van der Waals surface area contributed by atoms with Crippen molar-refractivity contribution in [2.75, 3.05) is 0 Å². The molecule has 0 radical (unpaired) electrons. The fourth-order valence-electron chi connectivity index (χ4n) is 0.792. The Morgan fingerprint density at radius 3 is 2.54 bits per heavy atom. The van der Waals surface area contributed by atoms with E-state index in [0.717, 1.165) is 3.57 Å². The monoisotopic (exact) mass is 318 g/mol. The lowest BCUT2D eigenvalue weighted by atomic mass is 10.2. The van der Waals surface area contributed by atoms with Crippen LogP contribution in [-0.2, 0) is 5.75 Å². The summed E-state index contributed by atoms with van der Waals surface area (Å²) in [6, 6.07) is 7.05. The Labute approximate surface area is 92.0 Å². The molecule has 5 heteroatoms. The molecule has 0 amide bonds. The SMILES string of the molecule is FC(F)(F)SCc1cccc(I)c1. The number of halogens is 4. The van der Waals surface area contributed by atoms with E-state index in [4.69, 9.17) is 0 Å². The first-order chi connectivity index (χ1) is 5.97. The zero-order chi connectivity index (χ0) is 9.90. The second-order valence-corrected chi connectivity index (χ2v) is 4.65. The molecule has 0 spiro atoms. The molecule has 1 aromatic rings. The van der Waals surface area contributed by atoms with Crippen LogP contribution < -0.4 is 0 Å². The zero-order valence-corrected chi connectivity index (χ0v) is 9.41. The third-order valence-electron chi connectivity index (χ3n) is 1.29. The van der Waals surface area contributed by atoms with Gasteiger partial charge in [-0.05, 0) is 52.0 Å². The number of hydrogen-bond acceptors (Lipinski definition) is 1. The highest BCUT2D eigenvalue weighted by atomic mass is 127. The second kappa shape index (κ2) is 4.54. The number of thioether (sulfide) groups is 1. The van der Waals surface area contributed by atoms with Crippen LogP contribution in [0.25, 0.3) is 0 Å². The van der Waals surface area contributed by atoms with Crippen LogP contribution in [0.5, 0.6) is 0 Å². The van der Waals surface area contributed by atoms with Crippen molar-refractivity contribution in [1.29, 1.82) is 0 Å². The Bertz CT molecular complexity index is 285. The number of benzene rings is 1. The maximum Gasteiger partial charge on any atom is 0.442 e. The van der Waals surface area contributed by atoms with Gasteiger partial charge in [-0.1, -0.05) is 12.1 Å². The summed E-state index contributed by atoms with van der Waals surface area (Å²) in [4.78, 5) is 0. The van der Waals surface area contributed by atoms with Crippen LogP contribution in [0.15, 0.2) is 24.3 Å². The van der Waals surface area contributed by atoms with E-state index in [2.05, 4.69) is 22.6 Å². The molecule has 0 nitrogen and oxygen atoms in total. The van der Waals surface area contributed by atoms with E-state index in [-0.39, 0.29) is 17.5 Å². The molecule has 0 unspecified atom stereocenters. The summed E-state index contributed by atoms with van der Waals surface area (Å²) in [5.74, 6) is -0.0136. The van der Waals surface area contributed by atoms with Crippen LogP contribution in [0.2, 0.25) is 0 Å². The van der Waals surface area contributed by atoms with E-state index in [0.29, 0.717) is 5.56 Å². The Morgan fingerprint density at radius 2 is 2.00 bits per heavy atom. The molecule has 0 N–H and O–H groups in total. The Morgan fingerprint density at radius 1 is 1.31 bits per heavy atom. The largest absolute Gasteiger partial charge is 0.442 e. The van der Waals surface area contributed by atoms with Crippen molar-refractivity contribution in [2.45, 2.75) is 11.3 Å². The van der Waals surface area contributed by atoms with Crippen LogP contribution in [0, 0.1) is 3.57 Å². The Kier molecular flexibility index (Phi) is 3.90. The minimum absolute atomic E-state index is 0.00796. The smallest absolute Gasteiger partial charge is 0.160 e. The number of alkyl halides is 3. The molecule has 1 aromatic carbocycles. The maximum atomic E-state index is 11.8. The van der Waals surface area contributed by atoms with Crippen molar-refractivity contribution in [1.82, 2.24) is 0 Å². The van der Waals surface area contributed by atoms with E-state index in [1.807, 2.05) is 6.07 Å². The van der Waals surface area contributed by atoms with Gasteiger partial charge in [-0.25, -0.2) is 0 Å². The fourth-order valence-corrected chi connectivity index (χ4v) is 1.91. The average molecular weight is 318 g/mol. The van der Waals surface area contributed by atoms with Gasteiger partial charge >= 0.3 is 5.51 Å². The predicted octanol–water partition coefficient (Wildman–Crippen LogP) is 4.04. The van der Waals surface area contributed by atoms with E-state index in [1.54, 1.807) is 18.2 Å². The molecular weight excluding hydrogens is 312 g/mol. The normalized spacial score (nSPS) is 11.7. The third-order valence-corrected chi connectivity index (χ3v) is 2.77. The minimum atomic E-state index is -4.14. The number of hydrogen-bond donors (Lipinski definition) is 0. The summed E-state index contributed by atoms with van der Waals surface area (Å²) in [6.45, 7) is 0. The molecule has 0 saturated carbocycles. The first-order valence-electron chi connectivity index (χ1n) is 3.42. The predicted molar refractivity (Wildman–Crippen MR) is 56.5 cm³/mol. The molecular formula is C8H6F3IS. The van der Waals surface area contributed by atoms with Gasteiger partial charge in [0, 0.05) is 9.32 Å². The summed E-state index contributed by atoms with van der Waals surface area (Å²) < 4.78 is 36.4. The molecule has 0 aliphatic carbocycles. The molecule has 0 aromatic heterocycles. The van der Waals surface area contributed by atoms with Gasteiger partial charge in [0.15, 0.2) is 0 Å². The van der Waals surface area contributed by atoms with Crippen molar-refractivity contribution < 1.29 is 13.2 Å². The lowest BCUT2D eigenvalue weighted by molar-refractivity contribution is -0.0329. The molecule has 0 fully saturated rings. The average Bonchev–Trinajstić information content (AvgIpc) is 2.00. The van der Waals surface area contributed by atoms with Gasteiger partial charge in [0.25, 0.3) is 0 Å². The van der Waals surface area contributed by atoms with Gasteiger partial charge in [-0.15, -0.1) is 0 Å². The van der Waals surface area contributed by atoms with Gasteiger partial charge in [0.2, 0.25) is 0 Å². The minimum Gasteiger partial charge on any atom is -0.160 e. The zero-order valence-electron chi connectivity index (χ0n) is 6.44. The van der Waals surface area contributed by atoms with E-state index < -0.39 is 5.51 Å². The highest BCUT2D eigenvalue weighted by Gasteiger charge is 2.27. The summed E-state index contributed by atoms with van der Waals surface area (Å²) in [7, 11) is 0. The molecule has 13 heavy (non-hydrogen) atoms. The summed E-state index contributed by atoms with van der Waals surface area (Å²) in [5, 5.41) is 0. The molecule has 0 aliphatic heterocycles. The molecule has 0 saturated heterocycles. The molecule has 72 valence electrons. The summed E-state index contributed by atoms with van der Waals surface area (Å²) in [6.07, 6.45) is 0. The lowest BCUT2D eigenvalue weighted by Gasteiger charge is -2.05. The quantitative estimate of drug-likeness (QED) is 0.742. The van der Waals surface area contributed by atoms with Gasteiger partial charge in [0.1, 0.15) is 0 Å². The van der Waals surface area contributed by atoms with E-state index >= 15 is 0 Å². The molecule has 1 rings (SSSR count). The van der Waals surface area contributed by atoms with E-state index in [1.165, 1.54) is 0 Å². The topological polar surface area (TPSA) is 0 Å². The van der Waals surface area contributed by atoms with Crippen LogP contribution in [0.3, 0.4) is 0 Å². The van der Waals surface area contributed by atoms with Crippen LogP contribution in [0.4, 0.5) is 13.2 Å². The second-order valence-electron chi connectivity index (χ2n) is 2.36. The Hall–Kier alpha value is 0.0900. The van der Waals surface area contributed by atoms with Crippen molar-refractivity contribution in [2.24, 2.45) is 0 Å². The van der Waals surface area contributed by atoms with Gasteiger partial charge < -0.3 is 0 Å². The maximum absolute atomic E-state index is 11.8. The molecule has 0 atom stereocenters. The first-order valence-corrected chi connectivity index (χ1v) is 5.49. The molecule has 0 heterocycles.